The van der Waals surface area contributed by atoms with Crippen LogP contribution in [0.4, 0.5) is 13.2 Å². The molecule has 0 aromatic carbocycles. The van der Waals surface area contributed by atoms with Gasteiger partial charge in [0.1, 0.15) is 6.61 Å². The molecule has 1 saturated carbocycles. The molecular weight excluding hydrogens is 233 g/mol. The molecule has 0 aromatic heterocycles. The highest BCUT2D eigenvalue weighted by Gasteiger charge is 2.49. The Morgan fingerprint density at radius 3 is 2.47 bits per heavy atom. The lowest BCUT2D eigenvalue weighted by Crippen LogP contribution is -2.68. The second-order valence-corrected chi connectivity index (χ2v) is 5.24. The molecule has 0 radical (unpaired) electrons. The average molecular weight is 252 g/mol. The molecule has 0 aromatic rings. The monoisotopic (exact) mass is 252 g/mol. The van der Waals surface area contributed by atoms with Crippen LogP contribution in [0.25, 0.3) is 0 Å². The zero-order chi connectivity index (χ0) is 12.5. The highest BCUT2D eigenvalue weighted by atomic mass is 19.4. The number of hydrogen-bond donors (Lipinski definition) is 1. The summed E-state index contributed by atoms with van der Waals surface area (Å²) in [5, 5.41) is 0. The van der Waals surface area contributed by atoms with Crippen LogP contribution in [0.15, 0.2) is 0 Å². The molecule has 0 amide bonds. The molecule has 2 fully saturated rings. The van der Waals surface area contributed by atoms with Crippen LogP contribution in [0.3, 0.4) is 0 Å². The standard InChI is InChI=1S/C11H19F3N2O/c12-11(13,14)8-17-5-1-4-16-6-10(15,7-16)9-2-3-9/h9H,1-8,15H2. The molecule has 2 rings (SSSR count). The summed E-state index contributed by atoms with van der Waals surface area (Å²) >= 11 is 0. The van der Waals surface area contributed by atoms with E-state index in [1.165, 1.54) is 12.8 Å². The summed E-state index contributed by atoms with van der Waals surface area (Å²) in [5.74, 6) is 0.681. The van der Waals surface area contributed by atoms with Gasteiger partial charge in [-0.25, -0.2) is 0 Å². The number of nitrogens with two attached hydrogens (primary N) is 1. The van der Waals surface area contributed by atoms with Crippen LogP contribution in [0.5, 0.6) is 0 Å². The summed E-state index contributed by atoms with van der Waals surface area (Å²) in [6.45, 7) is 1.57. The van der Waals surface area contributed by atoms with E-state index in [9.17, 15) is 13.2 Å². The molecule has 0 bridgehead atoms. The number of rotatable bonds is 6. The number of alkyl halides is 3. The first-order valence-electron chi connectivity index (χ1n) is 6.05. The first-order valence-corrected chi connectivity index (χ1v) is 6.05. The average Bonchev–Trinajstić information content (AvgIpc) is 2.95. The first kappa shape index (κ1) is 13.1. The van der Waals surface area contributed by atoms with Crippen molar-refractivity contribution in [1.29, 1.82) is 0 Å². The maximum Gasteiger partial charge on any atom is 0.411 e. The predicted octanol–water partition coefficient (Wildman–Crippen LogP) is 1.38. The number of likely N-dealkylation sites (tertiary alicyclic amines) is 1. The summed E-state index contributed by atoms with van der Waals surface area (Å²) in [5.41, 5.74) is 6.16. The topological polar surface area (TPSA) is 38.5 Å². The SMILES string of the molecule is NC1(C2CC2)CN(CCCOCC(F)(F)F)C1. The van der Waals surface area contributed by atoms with Crippen molar-refractivity contribution in [2.24, 2.45) is 11.7 Å². The summed E-state index contributed by atoms with van der Waals surface area (Å²) in [6.07, 6.45) is -1.11. The molecule has 1 aliphatic carbocycles. The second-order valence-electron chi connectivity index (χ2n) is 5.24. The Morgan fingerprint density at radius 2 is 1.94 bits per heavy atom. The Hall–Kier alpha value is -0.330. The van der Waals surface area contributed by atoms with E-state index >= 15 is 0 Å². The van der Waals surface area contributed by atoms with Crippen LogP contribution < -0.4 is 5.73 Å². The van der Waals surface area contributed by atoms with E-state index in [0.29, 0.717) is 12.3 Å². The van der Waals surface area contributed by atoms with Crippen molar-refractivity contribution < 1.29 is 17.9 Å². The van der Waals surface area contributed by atoms with Crippen molar-refractivity contribution in [1.82, 2.24) is 4.90 Å². The quantitative estimate of drug-likeness (QED) is 0.726. The Balaban J connectivity index is 1.48. The third-order valence-electron chi connectivity index (χ3n) is 3.46. The van der Waals surface area contributed by atoms with Gasteiger partial charge in [-0.1, -0.05) is 0 Å². The minimum absolute atomic E-state index is 0.00712. The maximum absolute atomic E-state index is 11.8. The van der Waals surface area contributed by atoms with Crippen LogP contribution in [-0.4, -0.2) is 49.5 Å². The van der Waals surface area contributed by atoms with Crippen molar-refractivity contribution in [3.8, 4) is 0 Å². The largest absolute Gasteiger partial charge is 0.411 e. The van der Waals surface area contributed by atoms with Gasteiger partial charge in [-0.2, -0.15) is 13.2 Å². The maximum atomic E-state index is 11.8. The predicted molar refractivity (Wildman–Crippen MR) is 57.6 cm³/mol. The molecule has 17 heavy (non-hydrogen) atoms. The highest BCUT2D eigenvalue weighted by molar-refractivity contribution is 5.08. The third kappa shape index (κ3) is 3.82. The molecule has 2 N–H and O–H groups in total. The first-order chi connectivity index (χ1) is 7.89. The molecule has 3 nitrogen and oxygen atoms in total. The lowest BCUT2D eigenvalue weighted by atomic mass is 9.86. The fraction of sp³-hybridized carbons (Fsp3) is 1.00. The lowest BCUT2D eigenvalue weighted by Gasteiger charge is -2.48. The van der Waals surface area contributed by atoms with E-state index in [4.69, 9.17) is 5.73 Å². The molecule has 0 atom stereocenters. The zero-order valence-electron chi connectivity index (χ0n) is 9.80. The molecule has 1 heterocycles. The Bertz CT molecular complexity index is 260. The van der Waals surface area contributed by atoms with E-state index in [1.54, 1.807) is 0 Å². The van der Waals surface area contributed by atoms with Crippen molar-refractivity contribution in [2.75, 3.05) is 32.8 Å². The Kier molecular flexibility index (Phi) is 3.66. The number of hydrogen-bond acceptors (Lipinski definition) is 3. The summed E-state index contributed by atoms with van der Waals surface area (Å²) in [4.78, 5) is 2.19. The molecule has 0 unspecified atom stereocenters. The second kappa shape index (κ2) is 4.74. The van der Waals surface area contributed by atoms with Gasteiger partial charge < -0.3 is 10.5 Å². The van der Waals surface area contributed by atoms with E-state index < -0.39 is 12.8 Å². The van der Waals surface area contributed by atoms with Gasteiger partial charge in [-0.3, -0.25) is 4.90 Å². The molecule has 0 spiro atoms. The minimum atomic E-state index is -4.21. The van der Waals surface area contributed by atoms with Crippen LogP contribution in [0, 0.1) is 5.92 Å². The van der Waals surface area contributed by atoms with Crippen molar-refractivity contribution >= 4 is 0 Å². The van der Waals surface area contributed by atoms with Gasteiger partial charge in [0.2, 0.25) is 0 Å². The van der Waals surface area contributed by atoms with Crippen LogP contribution in [0.2, 0.25) is 0 Å². The van der Waals surface area contributed by atoms with Gasteiger partial charge in [0.05, 0.1) is 0 Å². The van der Waals surface area contributed by atoms with E-state index in [1.807, 2.05) is 0 Å². The smallest absolute Gasteiger partial charge is 0.372 e. The van der Waals surface area contributed by atoms with Gasteiger partial charge in [0.15, 0.2) is 0 Å². The summed E-state index contributed by atoms with van der Waals surface area (Å²) in [7, 11) is 0. The van der Waals surface area contributed by atoms with Gasteiger partial charge >= 0.3 is 6.18 Å². The summed E-state index contributed by atoms with van der Waals surface area (Å²) < 4.78 is 39.8. The molecule has 2 aliphatic rings. The third-order valence-corrected chi connectivity index (χ3v) is 3.46. The number of ether oxygens (including phenoxy) is 1. The van der Waals surface area contributed by atoms with E-state index in [-0.39, 0.29) is 12.1 Å². The fourth-order valence-corrected chi connectivity index (χ4v) is 2.44. The number of halogens is 3. The molecule has 1 aliphatic heterocycles. The van der Waals surface area contributed by atoms with Crippen molar-refractivity contribution in [3.63, 3.8) is 0 Å². The van der Waals surface area contributed by atoms with Crippen LogP contribution in [0.1, 0.15) is 19.3 Å². The van der Waals surface area contributed by atoms with E-state index in [0.717, 1.165) is 19.6 Å². The molecular formula is C11H19F3N2O. The van der Waals surface area contributed by atoms with Crippen LogP contribution in [-0.2, 0) is 4.74 Å². The highest BCUT2D eigenvalue weighted by Crippen LogP contribution is 2.42. The molecule has 100 valence electrons. The Morgan fingerprint density at radius 1 is 1.29 bits per heavy atom. The summed E-state index contributed by atoms with van der Waals surface area (Å²) in [6, 6.07) is 0. The van der Waals surface area contributed by atoms with E-state index in [2.05, 4.69) is 9.64 Å². The zero-order valence-corrected chi connectivity index (χ0v) is 9.80. The normalized spacial score (nSPS) is 24.7. The van der Waals surface area contributed by atoms with Crippen molar-refractivity contribution in [2.45, 2.75) is 31.0 Å². The Labute approximate surface area is 99.1 Å². The lowest BCUT2D eigenvalue weighted by molar-refractivity contribution is -0.174. The molecule has 1 saturated heterocycles. The molecule has 6 heteroatoms. The van der Waals surface area contributed by atoms with Gasteiger partial charge in [-0.05, 0) is 25.2 Å². The minimum Gasteiger partial charge on any atom is -0.372 e. The van der Waals surface area contributed by atoms with Gasteiger partial charge in [-0.15, -0.1) is 0 Å². The number of nitrogens with zero attached hydrogens (tertiary/aromatic N) is 1. The van der Waals surface area contributed by atoms with Crippen LogP contribution >= 0.6 is 0 Å². The fourth-order valence-electron chi connectivity index (χ4n) is 2.44. The van der Waals surface area contributed by atoms with Gasteiger partial charge in [0, 0.05) is 31.8 Å². The van der Waals surface area contributed by atoms with Crippen molar-refractivity contribution in [3.05, 3.63) is 0 Å². The van der Waals surface area contributed by atoms with Gasteiger partial charge in [0.25, 0.3) is 0 Å².